The number of hydrogen-bond donors (Lipinski definition) is 0. The first-order chi connectivity index (χ1) is 4.81. The van der Waals surface area contributed by atoms with Gasteiger partial charge in [-0.2, -0.15) is 0 Å². The van der Waals surface area contributed by atoms with Crippen LogP contribution in [0.15, 0.2) is 0 Å². The van der Waals surface area contributed by atoms with Gasteiger partial charge in [0.05, 0.1) is 0 Å². The zero-order valence-corrected chi connectivity index (χ0v) is 6.60. The summed E-state index contributed by atoms with van der Waals surface area (Å²) in [6.45, 7) is 2.54. The third-order valence-electron chi connectivity index (χ3n) is 3.03. The Labute approximate surface area is 63.4 Å². The lowest BCUT2D eigenvalue weighted by Crippen LogP contribution is -2.53. The van der Waals surface area contributed by atoms with Crippen LogP contribution in [-0.4, -0.2) is 18.0 Å². The van der Waals surface area contributed by atoms with Crippen LogP contribution in [0.5, 0.6) is 0 Å². The highest BCUT2D eigenvalue weighted by molar-refractivity contribution is 4.95. The summed E-state index contributed by atoms with van der Waals surface area (Å²) in [4.78, 5) is 2.20. The SMILES string of the molecule is [CH2-]N1CC2(CCCCC2)C1. The van der Waals surface area contributed by atoms with Gasteiger partial charge in [0.15, 0.2) is 0 Å². The van der Waals surface area contributed by atoms with Crippen molar-refractivity contribution in [1.29, 1.82) is 0 Å². The molecule has 58 valence electrons. The second-order valence-corrected chi connectivity index (χ2v) is 4.05. The summed E-state index contributed by atoms with van der Waals surface area (Å²) < 4.78 is 0. The van der Waals surface area contributed by atoms with Gasteiger partial charge in [0.1, 0.15) is 0 Å². The largest absolute Gasteiger partial charge is 0.458 e. The van der Waals surface area contributed by atoms with E-state index in [9.17, 15) is 0 Å². The van der Waals surface area contributed by atoms with Crippen LogP contribution < -0.4 is 0 Å². The maximum Gasteiger partial charge on any atom is -0.00907 e. The lowest BCUT2D eigenvalue weighted by atomic mass is 9.69. The Hall–Kier alpha value is -0.0400. The molecule has 0 N–H and O–H groups in total. The molecule has 0 atom stereocenters. The monoisotopic (exact) mass is 138 g/mol. The van der Waals surface area contributed by atoms with Crippen molar-refractivity contribution < 1.29 is 0 Å². The summed E-state index contributed by atoms with van der Waals surface area (Å²) in [5.41, 5.74) is 0.736. The van der Waals surface area contributed by atoms with Crippen LogP contribution in [-0.2, 0) is 0 Å². The summed E-state index contributed by atoms with van der Waals surface area (Å²) in [5.74, 6) is 0. The Bertz CT molecular complexity index is 109. The Morgan fingerprint density at radius 3 is 2.10 bits per heavy atom. The summed E-state index contributed by atoms with van der Waals surface area (Å²) in [6.07, 6.45) is 7.35. The molecule has 2 rings (SSSR count). The molecule has 1 nitrogen and oxygen atoms in total. The predicted molar refractivity (Wildman–Crippen MR) is 42.4 cm³/mol. The van der Waals surface area contributed by atoms with Crippen LogP contribution in [0, 0.1) is 12.5 Å². The van der Waals surface area contributed by atoms with Gasteiger partial charge < -0.3 is 4.90 Å². The molecule has 0 bridgehead atoms. The quantitative estimate of drug-likeness (QED) is 0.463. The summed E-state index contributed by atoms with van der Waals surface area (Å²) in [6, 6.07) is 0. The van der Waals surface area contributed by atoms with E-state index in [1.165, 1.54) is 45.2 Å². The molecule has 1 heteroatoms. The number of likely N-dealkylation sites (tertiary alicyclic amines) is 1. The van der Waals surface area contributed by atoms with Gasteiger partial charge in [0, 0.05) is 0 Å². The van der Waals surface area contributed by atoms with Crippen molar-refractivity contribution >= 4 is 0 Å². The number of hydrogen-bond acceptors (Lipinski definition) is 1. The van der Waals surface area contributed by atoms with Gasteiger partial charge in [-0.25, -0.2) is 0 Å². The first kappa shape index (κ1) is 6.66. The van der Waals surface area contributed by atoms with Gasteiger partial charge in [0.2, 0.25) is 0 Å². The zero-order chi connectivity index (χ0) is 7.03. The number of rotatable bonds is 0. The normalized spacial score (nSPS) is 32.1. The molecule has 1 heterocycles. The lowest BCUT2D eigenvalue weighted by Gasteiger charge is -2.55. The van der Waals surface area contributed by atoms with Gasteiger partial charge in [-0.1, -0.05) is 19.3 Å². The molecule has 10 heavy (non-hydrogen) atoms. The standard InChI is InChI=1S/C9H16N/c1-10-7-9(8-10)5-3-2-4-6-9/h1-8H2/q-1. The third kappa shape index (κ3) is 0.968. The summed E-state index contributed by atoms with van der Waals surface area (Å²) in [5, 5.41) is 0. The van der Waals surface area contributed by atoms with Crippen molar-refractivity contribution in [1.82, 2.24) is 4.90 Å². The van der Waals surface area contributed by atoms with E-state index in [1.54, 1.807) is 0 Å². The average molecular weight is 138 g/mol. The van der Waals surface area contributed by atoms with Gasteiger partial charge in [-0.15, -0.1) is 0 Å². The molecule has 1 aliphatic carbocycles. The lowest BCUT2D eigenvalue weighted by molar-refractivity contribution is 0.00323. The van der Waals surface area contributed by atoms with Crippen LogP contribution in [0.3, 0.4) is 0 Å². The van der Waals surface area contributed by atoms with E-state index in [1.807, 2.05) is 0 Å². The van der Waals surface area contributed by atoms with E-state index in [0.29, 0.717) is 0 Å². The molecule has 0 aromatic heterocycles. The number of nitrogens with zero attached hydrogens (tertiary/aromatic N) is 1. The molecule has 1 saturated carbocycles. The van der Waals surface area contributed by atoms with E-state index in [-0.39, 0.29) is 0 Å². The highest BCUT2D eigenvalue weighted by Crippen LogP contribution is 2.43. The van der Waals surface area contributed by atoms with Crippen LogP contribution in [0.2, 0.25) is 0 Å². The molecule has 1 spiro atoms. The molecule has 1 aliphatic heterocycles. The zero-order valence-electron chi connectivity index (χ0n) is 6.60. The van der Waals surface area contributed by atoms with Crippen molar-refractivity contribution in [2.45, 2.75) is 32.1 Å². The third-order valence-corrected chi connectivity index (χ3v) is 3.03. The fourth-order valence-electron chi connectivity index (χ4n) is 2.52. The van der Waals surface area contributed by atoms with Crippen LogP contribution in [0.25, 0.3) is 0 Å². The molecule has 2 fully saturated rings. The smallest absolute Gasteiger partial charge is 0.00907 e. The fourth-order valence-corrected chi connectivity index (χ4v) is 2.52. The molecule has 0 radical (unpaired) electrons. The molecule has 0 aromatic rings. The second-order valence-electron chi connectivity index (χ2n) is 4.05. The average Bonchev–Trinajstić information content (AvgIpc) is 1.87. The van der Waals surface area contributed by atoms with E-state index in [0.717, 1.165) is 5.41 Å². The van der Waals surface area contributed by atoms with Crippen LogP contribution in [0.4, 0.5) is 0 Å². The Balaban J connectivity index is 1.90. The van der Waals surface area contributed by atoms with Gasteiger partial charge in [-0.3, -0.25) is 7.05 Å². The maximum absolute atomic E-state index is 3.93. The van der Waals surface area contributed by atoms with Crippen LogP contribution >= 0.6 is 0 Å². The van der Waals surface area contributed by atoms with Gasteiger partial charge in [-0.05, 0) is 31.3 Å². The highest BCUT2D eigenvalue weighted by Gasteiger charge is 2.38. The Morgan fingerprint density at radius 2 is 1.60 bits per heavy atom. The minimum atomic E-state index is 0.736. The van der Waals surface area contributed by atoms with Gasteiger partial charge in [0.25, 0.3) is 0 Å². The highest BCUT2D eigenvalue weighted by atomic mass is 15.2. The molecule has 1 saturated heterocycles. The summed E-state index contributed by atoms with van der Waals surface area (Å²) >= 11 is 0. The van der Waals surface area contributed by atoms with E-state index >= 15 is 0 Å². The van der Waals surface area contributed by atoms with Gasteiger partial charge >= 0.3 is 0 Å². The van der Waals surface area contributed by atoms with Crippen molar-refractivity contribution in [3.63, 3.8) is 0 Å². The van der Waals surface area contributed by atoms with E-state index in [4.69, 9.17) is 0 Å². The van der Waals surface area contributed by atoms with Crippen molar-refractivity contribution in [3.05, 3.63) is 7.05 Å². The molecule has 0 aromatic carbocycles. The molecule has 0 unspecified atom stereocenters. The first-order valence-corrected chi connectivity index (χ1v) is 4.36. The van der Waals surface area contributed by atoms with Crippen molar-refractivity contribution in [2.24, 2.45) is 5.41 Å². The minimum absolute atomic E-state index is 0.736. The topological polar surface area (TPSA) is 3.24 Å². The van der Waals surface area contributed by atoms with Crippen LogP contribution in [0.1, 0.15) is 32.1 Å². The summed E-state index contributed by atoms with van der Waals surface area (Å²) in [7, 11) is 3.93. The van der Waals surface area contributed by atoms with Crippen molar-refractivity contribution in [3.8, 4) is 0 Å². The second kappa shape index (κ2) is 2.23. The Morgan fingerprint density at radius 1 is 1.00 bits per heavy atom. The predicted octanol–water partition coefficient (Wildman–Crippen LogP) is 2.04. The van der Waals surface area contributed by atoms with E-state index in [2.05, 4.69) is 11.9 Å². The molecular weight excluding hydrogens is 122 g/mol. The maximum atomic E-state index is 3.93. The molecular formula is C9H16N-. The molecule has 0 amide bonds. The fraction of sp³-hybridized carbons (Fsp3) is 0.889. The minimum Gasteiger partial charge on any atom is -0.458 e. The van der Waals surface area contributed by atoms with E-state index < -0.39 is 0 Å². The van der Waals surface area contributed by atoms with Crippen molar-refractivity contribution in [2.75, 3.05) is 13.1 Å². The Kier molecular flexibility index (Phi) is 1.48. The molecule has 2 aliphatic rings. The first-order valence-electron chi connectivity index (χ1n) is 4.36.